The van der Waals surface area contributed by atoms with E-state index in [-0.39, 0.29) is 68.4 Å². The van der Waals surface area contributed by atoms with E-state index < -0.39 is 80.9 Å². The summed E-state index contributed by atoms with van der Waals surface area (Å²) in [6.07, 6.45) is 0.622. The van der Waals surface area contributed by atoms with Crippen molar-refractivity contribution in [2.75, 3.05) is 33.4 Å². The van der Waals surface area contributed by atoms with Crippen molar-refractivity contribution in [2.45, 2.75) is 104 Å². The SMILES string of the molecule is CC.CCCN(Cc1ccc(OC)c(C)c1)C(=O)C1C(c2ccc(CCCOc3c(F)ccc(F)c3Cl)cc2)CC23CC(C(=O)NCCOC(=O)Oc4cccc(CO[N+](=O)[O-])c4)CC2N(C(=O)Oc2cccc(CO[N+](=O)[O-])c2)C13. The molecule has 6 unspecified atom stereocenters. The van der Waals surface area contributed by atoms with Gasteiger partial charge < -0.3 is 43.6 Å². The summed E-state index contributed by atoms with van der Waals surface area (Å²) in [7, 11) is 1.59. The highest BCUT2D eigenvalue weighted by Gasteiger charge is 2.75. The summed E-state index contributed by atoms with van der Waals surface area (Å²) in [6.45, 7) is 7.45. The van der Waals surface area contributed by atoms with Gasteiger partial charge in [-0.1, -0.05) is 93.0 Å². The summed E-state index contributed by atoms with van der Waals surface area (Å²) in [6, 6.07) is 26.0. The van der Waals surface area contributed by atoms with Crippen molar-refractivity contribution in [2.24, 2.45) is 17.3 Å². The van der Waals surface area contributed by atoms with E-state index in [1.165, 1.54) is 30.3 Å². The van der Waals surface area contributed by atoms with Crippen LogP contribution >= 0.6 is 11.6 Å². The van der Waals surface area contributed by atoms with Crippen LogP contribution < -0.4 is 24.3 Å². The Morgan fingerprint density at radius 3 is 2.09 bits per heavy atom. The fourth-order valence-corrected chi connectivity index (χ4v) is 11.6. The maximum atomic E-state index is 15.7. The molecule has 1 heterocycles. The Balaban J connectivity index is 0.00000468. The fourth-order valence-electron chi connectivity index (χ4n) is 11.4. The number of likely N-dealkylation sites (tertiary alicyclic amines) is 1. The molecule has 3 aliphatic rings. The summed E-state index contributed by atoms with van der Waals surface area (Å²) in [5, 5.41) is 22.2. The van der Waals surface area contributed by atoms with Crippen LogP contribution in [0.2, 0.25) is 5.02 Å². The number of rotatable bonds is 24. The van der Waals surface area contributed by atoms with Crippen LogP contribution in [0, 0.1) is 56.0 Å². The van der Waals surface area contributed by atoms with E-state index in [1.54, 1.807) is 35.1 Å². The number of nitrogens with zero attached hydrogens (tertiary/aromatic N) is 4. The van der Waals surface area contributed by atoms with Crippen molar-refractivity contribution in [1.82, 2.24) is 15.1 Å². The molecular weight excluding hydrogens is 1080 g/mol. The van der Waals surface area contributed by atoms with Gasteiger partial charge in [0.25, 0.3) is 10.2 Å². The first kappa shape index (κ1) is 60.4. The normalized spacial score (nSPS) is 19.3. The molecule has 1 aliphatic heterocycles. The molecule has 5 aromatic carbocycles. The number of ether oxygens (including phenoxy) is 5. The minimum atomic E-state index is -1.08. The molecule has 0 radical (unpaired) electrons. The first-order valence-corrected chi connectivity index (χ1v) is 27.0. The number of hydrogen-bond donors (Lipinski definition) is 1. The van der Waals surface area contributed by atoms with Crippen molar-refractivity contribution in [1.29, 1.82) is 0 Å². The lowest BCUT2D eigenvalue weighted by atomic mass is 9.66. The van der Waals surface area contributed by atoms with Gasteiger partial charge in [0.1, 0.15) is 47.9 Å². The predicted octanol–water partition coefficient (Wildman–Crippen LogP) is 10.9. The van der Waals surface area contributed by atoms with Crippen molar-refractivity contribution < 1.29 is 71.5 Å². The average molecular weight is 1140 g/mol. The summed E-state index contributed by atoms with van der Waals surface area (Å²) in [5.41, 5.74) is 3.46. The van der Waals surface area contributed by atoms with Gasteiger partial charge in [0.05, 0.1) is 32.2 Å². The van der Waals surface area contributed by atoms with Crippen molar-refractivity contribution in [3.8, 4) is 23.0 Å². The molecule has 432 valence electrons. The molecule has 0 aromatic heterocycles. The maximum absolute atomic E-state index is 15.7. The fraction of sp³-hybridized carbons (Fsp3) is 0.414. The lowest BCUT2D eigenvalue weighted by molar-refractivity contribution is -0.763. The molecule has 5 aromatic rings. The van der Waals surface area contributed by atoms with E-state index in [1.807, 2.05) is 70.2 Å². The number of amides is 3. The summed E-state index contributed by atoms with van der Waals surface area (Å²) >= 11 is 5.97. The van der Waals surface area contributed by atoms with Gasteiger partial charge in [-0.25, -0.2) is 18.4 Å². The highest BCUT2D eigenvalue weighted by Crippen LogP contribution is 2.69. The van der Waals surface area contributed by atoms with E-state index in [0.717, 1.165) is 34.4 Å². The predicted molar refractivity (Wildman–Crippen MR) is 289 cm³/mol. The molecule has 2 aliphatic carbocycles. The van der Waals surface area contributed by atoms with Gasteiger partial charge in [0.15, 0.2) is 11.6 Å². The van der Waals surface area contributed by atoms with Crippen molar-refractivity contribution in [3.05, 3.63) is 173 Å². The molecule has 23 heteroatoms. The van der Waals surface area contributed by atoms with Crippen molar-refractivity contribution in [3.63, 3.8) is 0 Å². The van der Waals surface area contributed by atoms with E-state index in [9.17, 15) is 43.4 Å². The second-order valence-corrected chi connectivity index (χ2v) is 20.0. The number of methoxy groups -OCH3 is 1. The molecule has 8 rings (SSSR count). The number of carbonyl (C=O) groups excluding carboxylic acids is 4. The second-order valence-electron chi connectivity index (χ2n) is 19.7. The number of hydrogen-bond acceptors (Lipinski definition) is 15. The summed E-state index contributed by atoms with van der Waals surface area (Å²) in [5.74, 6) is -3.63. The molecular formula is C58H64ClF2N5O15. The minimum Gasteiger partial charge on any atom is -0.496 e. The van der Waals surface area contributed by atoms with Gasteiger partial charge in [0.2, 0.25) is 11.8 Å². The average Bonchev–Trinajstić information content (AvgIpc) is 1.66. The highest BCUT2D eigenvalue weighted by molar-refractivity contribution is 6.32. The van der Waals surface area contributed by atoms with Gasteiger partial charge in [-0.15, -0.1) is 20.2 Å². The Morgan fingerprint density at radius 1 is 0.815 bits per heavy atom. The van der Waals surface area contributed by atoms with Crippen LogP contribution in [0.25, 0.3) is 0 Å². The third kappa shape index (κ3) is 14.6. The molecule has 3 amide bonds. The molecule has 20 nitrogen and oxygen atoms in total. The maximum Gasteiger partial charge on any atom is 0.513 e. The van der Waals surface area contributed by atoms with E-state index in [4.69, 9.17) is 35.3 Å². The molecule has 1 N–H and O–H groups in total. The molecule has 0 bridgehead atoms. The van der Waals surface area contributed by atoms with Gasteiger partial charge in [-0.05, 0) is 127 Å². The largest absolute Gasteiger partial charge is 0.513 e. The van der Waals surface area contributed by atoms with Crippen LogP contribution in [0.3, 0.4) is 0 Å². The van der Waals surface area contributed by atoms with Crippen LogP contribution in [0.15, 0.2) is 103 Å². The lowest BCUT2D eigenvalue weighted by Gasteiger charge is -2.58. The van der Waals surface area contributed by atoms with Gasteiger partial charge in [-0.2, -0.15) is 0 Å². The Kier molecular flexibility index (Phi) is 20.7. The van der Waals surface area contributed by atoms with Crippen LogP contribution in [-0.2, 0) is 50.2 Å². The second kappa shape index (κ2) is 27.7. The van der Waals surface area contributed by atoms with E-state index in [0.29, 0.717) is 55.5 Å². The Hall–Kier alpha value is -8.27. The van der Waals surface area contributed by atoms with Crippen LogP contribution in [-0.4, -0.2) is 89.5 Å². The Labute approximate surface area is 471 Å². The van der Waals surface area contributed by atoms with E-state index >= 15 is 4.79 Å². The van der Waals surface area contributed by atoms with Crippen LogP contribution in [0.1, 0.15) is 92.2 Å². The number of benzene rings is 5. The minimum absolute atomic E-state index is 0.0487. The van der Waals surface area contributed by atoms with Crippen LogP contribution in [0.4, 0.5) is 18.4 Å². The highest BCUT2D eigenvalue weighted by atomic mass is 35.5. The first-order chi connectivity index (χ1) is 39.0. The molecule has 6 atom stereocenters. The summed E-state index contributed by atoms with van der Waals surface area (Å²) < 4.78 is 56.0. The standard InChI is InChI=1S/C56H58ClF2N5O15.C2H6/c1-4-22-61(31-36-15-20-46(73-3)34(2)25-36)53(66)48-43(39-16-13-35(14-17-39)10-7-23-74-50-45(59)19-18-44(58)49(50)57)30-56-29-40(52(65)60-21-24-75-55(68)79-42-12-6-9-38(27-42)33-77-64(71)72)28-47(56)62(51(48)56)54(67)78-41-11-5-8-37(26-41)32-76-63(69)70;1-2/h5-6,8-9,11-20,25-27,40,43,47-48,51H,4,7,10,21-24,28-33H2,1-3H3,(H,60,65);1-2H3. The zero-order valence-corrected chi connectivity index (χ0v) is 46.2. The Morgan fingerprint density at radius 2 is 1.46 bits per heavy atom. The third-order valence-electron chi connectivity index (χ3n) is 14.7. The molecule has 81 heavy (non-hydrogen) atoms. The first-order valence-electron chi connectivity index (χ1n) is 26.6. The Bertz CT molecular complexity index is 3060. The number of nitrogens with one attached hydrogen (secondary N) is 1. The molecule has 1 spiro atoms. The van der Waals surface area contributed by atoms with Crippen LogP contribution in [0.5, 0.6) is 23.0 Å². The third-order valence-corrected chi connectivity index (χ3v) is 15.0. The smallest absolute Gasteiger partial charge is 0.496 e. The number of aryl methyl sites for hydroxylation is 2. The van der Waals surface area contributed by atoms with E-state index in [2.05, 4.69) is 15.0 Å². The molecule has 3 fully saturated rings. The quantitative estimate of drug-likeness (QED) is 0.0151. The van der Waals surface area contributed by atoms with Gasteiger partial charge in [-0.3, -0.25) is 14.5 Å². The number of halogens is 3. The molecule has 1 saturated heterocycles. The zero-order chi connectivity index (χ0) is 58.4. The summed E-state index contributed by atoms with van der Waals surface area (Å²) in [4.78, 5) is 91.2. The van der Waals surface area contributed by atoms with Gasteiger partial charge in [0, 0.05) is 30.5 Å². The zero-order valence-electron chi connectivity index (χ0n) is 45.4. The monoisotopic (exact) mass is 1140 g/mol. The molecule has 2 saturated carbocycles. The van der Waals surface area contributed by atoms with Gasteiger partial charge >= 0.3 is 12.2 Å². The lowest BCUT2D eigenvalue weighted by Crippen LogP contribution is -2.71. The van der Waals surface area contributed by atoms with Crippen molar-refractivity contribution >= 4 is 35.7 Å². The topological polar surface area (TPSA) is 238 Å². The number of carbonyl (C=O) groups is 4.